The van der Waals surface area contributed by atoms with E-state index in [1.807, 2.05) is 0 Å². The van der Waals surface area contributed by atoms with Crippen molar-refractivity contribution in [3.63, 3.8) is 0 Å². The molecule has 0 heterocycles. The molecule has 0 spiro atoms. The molecule has 2 bridgehead atoms. The normalized spacial score (nSPS) is 29.3. The minimum Gasteiger partial charge on any atom is -0.281 e. The first-order valence-corrected chi connectivity index (χ1v) is 8.12. The lowest BCUT2D eigenvalue weighted by Crippen LogP contribution is -2.59. The van der Waals surface area contributed by atoms with Crippen molar-refractivity contribution >= 4 is 10.1 Å². The second-order valence-corrected chi connectivity index (χ2v) is 7.59. The van der Waals surface area contributed by atoms with Gasteiger partial charge in [-0.2, -0.15) is 43.5 Å². The van der Waals surface area contributed by atoms with Crippen LogP contribution in [0.15, 0.2) is 0 Å². The number of halogens is 8. The van der Waals surface area contributed by atoms with Gasteiger partial charge in [0.15, 0.2) is 0 Å². The Labute approximate surface area is 130 Å². The molecular weight excluding hydrogens is 380 g/mol. The molecule has 142 valence electrons. The van der Waals surface area contributed by atoms with Crippen molar-refractivity contribution in [1.29, 1.82) is 0 Å². The van der Waals surface area contributed by atoms with Crippen molar-refractivity contribution in [1.82, 2.24) is 0 Å². The van der Waals surface area contributed by atoms with Crippen LogP contribution < -0.4 is 0 Å². The highest BCUT2D eigenvalue weighted by molar-refractivity contribution is 7.86. The van der Waals surface area contributed by atoms with E-state index < -0.39 is 58.2 Å². The highest BCUT2D eigenvalue weighted by Gasteiger charge is 2.78. The van der Waals surface area contributed by atoms with Gasteiger partial charge in [0.25, 0.3) is 0 Å². The van der Waals surface area contributed by atoms with Crippen LogP contribution in [0.2, 0.25) is 0 Å². The maximum Gasteiger partial charge on any atom is 0.460 e. The summed E-state index contributed by atoms with van der Waals surface area (Å²) in [5, 5.41) is -6.54. The first kappa shape index (κ1) is 19.6. The van der Waals surface area contributed by atoms with Crippen LogP contribution in [0.3, 0.4) is 0 Å². The molecule has 2 aliphatic carbocycles. The summed E-state index contributed by atoms with van der Waals surface area (Å²) in [5.41, 5.74) is -2.38. The SMILES string of the molecule is O=S(=O)(O)C(F)(F)C(F)(F)OC(F)(F)C(F)(F)C12CCC(CC1)C2. The van der Waals surface area contributed by atoms with E-state index >= 15 is 0 Å². The number of fused-ring (bicyclic) bond motifs is 2. The van der Waals surface area contributed by atoms with E-state index in [1.165, 1.54) is 0 Å². The molecule has 24 heavy (non-hydrogen) atoms. The number of hydrogen-bond acceptors (Lipinski definition) is 3. The van der Waals surface area contributed by atoms with E-state index in [0.717, 1.165) is 0 Å². The van der Waals surface area contributed by atoms with Gasteiger partial charge in [0, 0.05) is 5.41 Å². The Morgan fingerprint density at radius 3 is 1.71 bits per heavy atom. The van der Waals surface area contributed by atoms with Crippen molar-refractivity contribution < 1.29 is 52.8 Å². The zero-order valence-electron chi connectivity index (χ0n) is 11.7. The number of alkyl halides is 8. The van der Waals surface area contributed by atoms with Crippen molar-refractivity contribution in [2.24, 2.45) is 11.3 Å². The van der Waals surface area contributed by atoms with Gasteiger partial charge in [-0.1, -0.05) is 0 Å². The lowest BCUT2D eigenvalue weighted by atomic mass is 9.77. The van der Waals surface area contributed by atoms with E-state index in [0.29, 0.717) is 0 Å². The van der Waals surface area contributed by atoms with Gasteiger partial charge in [0.1, 0.15) is 0 Å². The summed E-state index contributed by atoms with van der Waals surface area (Å²) in [7, 11) is -6.90. The standard InChI is InChI=1S/C11H12F8O4S/c12-8(13,7-3-1-6(5-7)2-4-7)9(14,15)23-10(16,17)11(18,19)24(20,21)22/h6H,1-5H2,(H,20,21,22). The predicted octanol–water partition coefficient (Wildman–Crippen LogP) is 3.88. The summed E-state index contributed by atoms with van der Waals surface area (Å²) in [5.74, 6) is -5.53. The fourth-order valence-corrected chi connectivity index (χ4v) is 3.72. The first-order chi connectivity index (χ1) is 10.5. The Bertz CT molecular complexity index is 610. The summed E-state index contributed by atoms with van der Waals surface area (Å²) in [4.78, 5) is 0. The topological polar surface area (TPSA) is 63.6 Å². The predicted molar refractivity (Wildman–Crippen MR) is 61.4 cm³/mol. The van der Waals surface area contributed by atoms with Gasteiger partial charge in [-0.3, -0.25) is 4.55 Å². The van der Waals surface area contributed by atoms with Crippen LogP contribution in [0.1, 0.15) is 32.1 Å². The Morgan fingerprint density at radius 1 is 0.917 bits per heavy atom. The zero-order valence-corrected chi connectivity index (χ0v) is 12.5. The molecule has 0 atom stereocenters. The van der Waals surface area contributed by atoms with Crippen molar-refractivity contribution in [3.8, 4) is 0 Å². The van der Waals surface area contributed by atoms with Crippen molar-refractivity contribution in [2.75, 3.05) is 0 Å². The Balaban J connectivity index is 2.33. The maximum atomic E-state index is 14.1. The Hall–Kier alpha value is -0.690. The van der Waals surface area contributed by atoms with Crippen molar-refractivity contribution in [2.45, 2.75) is 55.5 Å². The third kappa shape index (κ3) is 2.59. The fraction of sp³-hybridized carbons (Fsp3) is 1.00. The van der Waals surface area contributed by atoms with Crippen LogP contribution in [0.5, 0.6) is 0 Å². The molecule has 0 aromatic rings. The lowest BCUT2D eigenvalue weighted by molar-refractivity contribution is -0.469. The van der Waals surface area contributed by atoms with Crippen LogP contribution in [-0.4, -0.2) is 36.4 Å². The molecule has 1 N–H and O–H groups in total. The second-order valence-electron chi connectivity index (χ2n) is 6.13. The minimum atomic E-state index is -6.90. The number of hydrogen-bond donors (Lipinski definition) is 1. The quantitative estimate of drug-likeness (QED) is 0.551. The molecule has 0 aliphatic heterocycles. The molecule has 0 aromatic heterocycles. The van der Waals surface area contributed by atoms with E-state index in [2.05, 4.69) is 4.74 Å². The molecule has 4 nitrogen and oxygen atoms in total. The maximum absolute atomic E-state index is 14.1. The number of rotatable bonds is 6. The molecule has 2 fully saturated rings. The molecule has 0 saturated heterocycles. The van der Waals surface area contributed by atoms with E-state index in [4.69, 9.17) is 4.55 Å². The largest absolute Gasteiger partial charge is 0.460 e. The third-order valence-corrected chi connectivity index (χ3v) is 5.58. The highest BCUT2D eigenvalue weighted by Crippen LogP contribution is 2.65. The first-order valence-electron chi connectivity index (χ1n) is 6.68. The average Bonchev–Trinajstić information content (AvgIpc) is 2.97. The smallest absolute Gasteiger partial charge is 0.281 e. The summed E-state index contributed by atoms with van der Waals surface area (Å²) in [6.07, 6.45) is -13.6. The summed E-state index contributed by atoms with van der Waals surface area (Å²) in [6.45, 7) is 0. The molecule has 0 unspecified atom stereocenters. The van der Waals surface area contributed by atoms with Gasteiger partial charge < -0.3 is 0 Å². The molecule has 0 radical (unpaired) electrons. The van der Waals surface area contributed by atoms with Gasteiger partial charge in [0.2, 0.25) is 0 Å². The molecule has 0 amide bonds. The van der Waals surface area contributed by atoms with Gasteiger partial charge in [0.05, 0.1) is 0 Å². The highest BCUT2D eigenvalue weighted by atomic mass is 32.2. The van der Waals surface area contributed by atoms with Gasteiger partial charge in [-0.25, -0.2) is 4.74 Å². The molecular formula is C11H12F8O4S. The average molecular weight is 392 g/mol. The lowest BCUT2D eigenvalue weighted by Gasteiger charge is -2.40. The fourth-order valence-electron chi connectivity index (χ4n) is 3.38. The molecule has 2 aliphatic rings. The van der Waals surface area contributed by atoms with E-state index in [1.54, 1.807) is 0 Å². The zero-order chi connectivity index (χ0) is 18.8. The summed E-state index contributed by atoms with van der Waals surface area (Å²) in [6, 6.07) is 0. The van der Waals surface area contributed by atoms with Crippen LogP contribution >= 0.6 is 0 Å². The molecule has 13 heteroatoms. The van der Waals surface area contributed by atoms with Gasteiger partial charge >= 0.3 is 33.5 Å². The minimum absolute atomic E-state index is 0.156. The van der Waals surface area contributed by atoms with E-state index in [-0.39, 0.29) is 18.8 Å². The second kappa shape index (κ2) is 5.16. The monoisotopic (exact) mass is 392 g/mol. The Morgan fingerprint density at radius 2 is 1.38 bits per heavy atom. The van der Waals surface area contributed by atoms with Gasteiger partial charge in [-0.05, 0) is 38.0 Å². The van der Waals surface area contributed by atoms with Gasteiger partial charge in [-0.15, -0.1) is 0 Å². The molecule has 2 saturated carbocycles. The molecule has 2 rings (SSSR count). The Kier molecular flexibility index (Phi) is 4.22. The van der Waals surface area contributed by atoms with Crippen molar-refractivity contribution in [3.05, 3.63) is 0 Å². The summed E-state index contributed by atoms with van der Waals surface area (Å²) >= 11 is 0. The van der Waals surface area contributed by atoms with Crippen LogP contribution in [0.25, 0.3) is 0 Å². The molecule has 0 aromatic carbocycles. The summed E-state index contributed by atoms with van der Waals surface area (Å²) < 4.78 is 138. The van der Waals surface area contributed by atoms with E-state index in [9.17, 15) is 43.5 Å². The number of ether oxygens (including phenoxy) is 1. The third-order valence-electron chi connectivity index (χ3n) is 4.69. The van der Waals surface area contributed by atoms with Crippen LogP contribution in [-0.2, 0) is 14.9 Å². The van der Waals surface area contributed by atoms with Crippen LogP contribution in [0, 0.1) is 11.3 Å². The van der Waals surface area contributed by atoms with Crippen LogP contribution in [0.4, 0.5) is 35.1 Å².